The number of aryl methyl sites for hydroxylation is 2. The third-order valence-corrected chi connectivity index (χ3v) is 5.91. The molecule has 1 atom stereocenters. The van der Waals surface area contributed by atoms with Crippen LogP contribution < -0.4 is 10.6 Å². The summed E-state index contributed by atoms with van der Waals surface area (Å²) in [5.41, 5.74) is 1.55. The number of hydrogen-bond donors (Lipinski definition) is 2. The lowest BCUT2D eigenvalue weighted by atomic mass is 10.1. The van der Waals surface area contributed by atoms with E-state index in [9.17, 15) is 22.8 Å². The Labute approximate surface area is 190 Å². The summed E-state index contributed by atoms with van der Waals surface area (Å²) in [6, 6.07) is 6.36. The van der Waals surface area contributed by atoms with Gasteiger partial charge in [0.25, 0.3) is 0 Å². The van der Waals surface area contributed by atoms with Gasteiger partial charge in [-0.15, -0.1) is 10.2 Å². The summed E-state index contributed by atoms with van der Waals surface area (Å²) in [5, 5.41) is 12.0. The molecule has 2 N–H and O–H groups in total. The van der Waals surface area contributed by atoms with E-state index in [-0.39, 0.29) is 22.4 Å². The van der Waals surface area contributed by atoms with Crippen LogP contribution in [0.4, 0.5) is 18.9 Å². The maximum Gasteiger partial charge on any atom is 0.417 e. The smallest absolute Gasteiger partial charge is 0.346 e. The molecule has 0 aliphatic carbocycles. The quantitative estimate of drug-likeness (QED) is 0.509. The van der Waals surface area contributed by atoms with Gasteiger partial charge in [-0.2, -0.15) is 13.2 Å². The number of rotatable bonds is 6. The van der Waals surface area contributed by atoms with Gasteiger partial charge in [0.2, 0.25) is 11.8 Å². The van der Waals surface area contributed by atoms with Crippen molar-refractivity contribution in [1.29, 1.82) is 0 Å². The molecule has 7 nitrogen and oxygen atoms in total. The van der Waals surface area contributed by atoms with Crippen molar-refractivity contribution in [2.75, 3.05) is 11.9 Å². The summed E-state index contributed by atoms with van der Waals surface area (Å²) in [7, 11) is 0. The highest BCUT2D eigenvalue weighted by atomic mass is 35.5. The van der Waals surface area contributed by atoms with Crippen molar-refractivity contribution in [1.82, 2.24) is 19.9 Å². The first-order valence-corrected chi connectivity index (χ1v) is 10.6. The average Bonchev–Trinajstić information content (AvgIpc) is 3.11. The van der Waals surface area contributed by atoms with Crippen LogP contribution in [0.5, 0.6) is 0 Å². The SMILES string of the molecule is Cc1cccc(C)c1NC(=O)CNC(=O)C(C)Sc1nnc2c(Cl)cc(C(F)(F)F)cn12. The third kappa shape index (κ3) is 5.33. The van der Waals surface area contributed by atoms with E-state index in [0.717, 1.165) is 39.6 Å². The summed E-state index contributed by atoms with van der Waals surface area (Å²) in [6.07, 6.45) is -3.78. The first-order valence-electron chi connectivity index (χ1n) is 9.39. The molecule has 0 bridgehead atoms. The minimum absolute atomic E-state index is 0.0442. The molecule has 0 saturated carbocycles. The van der Waals surface area contributed by atoms with Gasteiger partial charge in [-0.05, 0) is 38.0 Å². The van der Waals surface area contributed by atoms with Gasteiger partial charge in [0.1, 0.15) is 0 Å². The van der Waals surface area contributed by atoms with E-state index in [1.54, 1.807) is 6.92 Å². The van der Waals surface area contributed by atoms with Crippen molar-refractivity contribution in [2.45, 2.75) is 37.4 Å². The average molecular weight is 486 g/mol. The minimum atomic E-state index is -4.60. The highest BCUT2D eigenvalue weighted by Gasteiger charge is 2.32. The second-order valence-electron chi connectivity index (χ2n) is 7.04. The van der Waals surface area contributed by atoms with Crippen LogP contribution in [0.2, 0.25) is 5.02 Å². The van der Waals surface area contributed by atoms with E-state index in [4.69, 9.17) is 11.6 Å². The van der Waals surface area contributed by atoms with E-state index in [0.29, 0.717) is 5.69 Å². The Morgan fingerprint density at radius 3 is 2.50 bits per heavy atom. The number of thioether (sulfide) groups is 1. The highest BCUT2D eigenvalue weighted by Crippen LogP contribution is 2.33. The van der Waals surface area contributed by atoms with Crippen LogP contribution in [0.3, 0.4) is 0 Å². The predicted molar refractivity (Wildman–Crippen MR) is 116 cm³/mol. The molecule has 1 aromatic carbocycles. The number of halogens is 4. The second kappa shape index (κ2) is 9.37. The van der Waals surface area contributed by atoms with Crippen LogP contribution >= 0.6 is 23.4 Å². The molecular weight excluding hydrogens is 467 g/mol. The molecule has 0 aliphatic rings. The number of benzene rings is 1. The molecule has 32 heavy (non-hydrogen) atoms. The van der Waals surface area contributed by atoms with Crippen LogP contribution in [0.25, 0.3) is 5.65 Å². The summed E-state index contributed by atoms with van der Waals surface area (Å²) in [5.74, 6) is -0.885. The Bertz CT molecular complexity index is 1160. The van der Waals surface area contributed by atoms with Gasteiger partial charge in [0.15, 0.2) is 10.8 Å². The number of fused-ring (bicyclic) bond motifs is 1. The van der Waals surface area contributed by atoms with Crippen LogP contribution in [0, 0.1) is 13.8 Å². The van der Waals surface area contributed by atoms with Gasteiger partial charge in [-0.3, -0.25) is 14.0 Å². The zero-order chi connectivity index (χ0) is 23.6. The van der Waals surface area contributed by atoms with Gasteiger partial charge >= 0.3 is 6.18 Å². The zero-order valence-corrected chi connectivity index (χ0v) is 18.8. The first-order chi connectivity index (χ1) is 15.0. The number of carbonyl (C=O) groups is 2. The standard InChI is InChI=1S/C20H19ClF3N5O2S/c1-10-5-4-6-11(2)16(10)26-15(30)8-25-18(31)12(3)32-19-28-27-17-14(21)7-13(9-29(17)19)20(22,23)24/h4-7,9,12H,8H2,1-3H3,(H,25,31)(H,26,30). The topological polar surface area (TPSA) is 88.4 Å². The van der Waals surface area contributed by atoms with Gasteiger partial charge in [-0.1, -0.05) is 41.6 Å². The fourth-order valence-electron chi connectivity index (χ4n) is 2.89. The number of anilines is 1. The Morgan fingerprint density at radius 1 is 1.22 bits per heavy atom. The molecule has 2 amide bonds. The molecule has 2 heterocycles. The van der Waals surface area contributed by atoms with Crippen molar-refractivity contribution in [3.8, 4) is 0 Å². The fourth-order valence-corrected chi connectivity index (χ4v) is 3.98. The van der Waals surface area contributed by atoms with Crippen LogP contribution in [0.15, 0.2) is 35.6 Å². The number of para-hydroxylation sites is 1. The van der Waals surface area contributed by atoms with Crippen molar-refractivity contribution >= 4 is 46.5 Å². The van der Waals surface area contributed by atoms with Crippen LogP contribution in [-0.4, -0.2) is 38.2 Å². The monoisotopic (exact) mass is 485 g/mol. The van der Waals surface area contributed by atoms with Crippen LogP contribution in [0.1, 0.15) is 23.6 Å². The van der Waals surface area contributed by atoms with Crippen molar-refractivity contribution in [3.05, 3.63) is 52.2 Å². The lowest BCUT2D eigenvalue weighted by Gasteiger charge is -2.14. The number of amides is 2. The molecule has 0 radical (unpaired) electrons. The third-order valence-electron chi connectivity index (χ3n) is 4.58. The molecule has 12 heteroatoms. The van der Waals surface area contributed by atoms with E-state index in [1.165, 1.54) is 0 Å². The first kappa shape index (κ1) is 23.9. The number of aromatic nitrogens is 3. The molecular formula is C20H19ClF3N5O2S. The number of hydrogen-bond acceptors (Lipinski definition) is 5. The van der Waals surface area contributed by atoms with Gasteiger partial charge < -0.3 is 10.6 Å². The molecule has 0 aliphatic heterocycles. The van der Waals surface area contributed by atoms with Gasteiger partial charge in [0.05, 0.1) is 22.4 Å². The lowest BCUT2D eigenvalue weighted by molar-refractivity contribution is -0.137. The van der Waals surface area contributed by atoms with Crippen molar-refractivity contribution in [2.24, 2.45) is 0 Å². The maximum atomic E-state index is 13.1. The zero-order valence-electron chi connectivity index (χ0n) is 17.2. The van der Waals surface area contributed by atoms with E-state index in [1.807, 2.05) is 32.0 Å². The molecule has 2 aromatic heterocycles. The Balaban J connectivity index is 1.65. The van der Waals surface area contributed by atoms with Crippen LogP contribution in [-0.2, 0) is 15.8 Å². The number of alkyl halides is 3. The Hall–Kier alpha value is -2.79. The molecule has 0 saturated heterocycles. The Kier molecular flexibility index (Phi) is 6.99. The molecule has 0 spiro atoms. The lowest BCUT2D eigenvalue weighted by Crippen LogP contribution is -2.37. The van der Waals surface area contributed by atoms with Gasteiger partial charge in [0, 0.05) is 11.9 Å². The normalized spacial score (nSPS) is 12.6. The number of nitrogens with one attached hydrogen (secondary N) is 2. The number of carbonyl (C=O) groups excluding carboxylic acids is 2. The van der Waals surface area contributed by atoms with E-state index in [2.05, 4.69) is 20.8 Å². The van der Waals surface area contributed by atoms with Crippen molar-refractivity contribution in [3.63, 3.8) is 0 Å². The number of pyridine rings is 1. The maximum absolute atomic E-state index is 13.1. The second-order valence-corrected chi connectivity index (χ2v) is 8.76. The summed E-state index contributed by atoms with van der Waals surface area (Å²) in [4.78, 5) is 24.6. The van der Waals surface area contributed by atoms with E-state index >= 15 is 0 Å². The van der Waals surface area contributed by atoms with E-state index < -0.39 is 28.8 Å². The summed E-state index contributed by atoms with van der Waals surface area (Å²) in [6.45, 7) is 5.00. The minimum Gasteiger partial charge on any atom is -0.346 e. The molecule has 3 aromatic rings. The van der Waals surface area contributed by atoms with Gasteiger partial charge in [-0.25, -0.2) is 0 Å². The Morgan fingerprint density at radius 2 is 1.88 bits per heavy atom. The summed E-state index contributed by atoms with van der Waals surface area (Å²) < 4.78 is 40.3. The highest BCUT2D eigenvalue weighted by molar-refractivity contribution is 8.00. The molecule has 0 fully saturated rings. The largest absolute Gasteiger partial charge is 0.417 e. The van der Waals surface area contributed by atoms with Crippen molar-refractivity contribution < 1.29 is 22.8 Å². The molecule has 170 valence electrons. The predicted octanol–water partition coefficient (Wildman–Crippen LogP) is 4.25. The number of nitrogens with zero attached hydrogens (tertiary/aromatic N) is 3. The fraction of sp³-hybridized carbons (Fsp3) is 0.300. The molecule has 1 unspecified atom stereocenters. The molecule has 3 rings (SSSR count). The summed E-state index contributed by atoms with van der Waals surface area (Å²) >= 11 is 6.79.